The zero-order valence-corrected chi connectivity index (χ0v) is 9.51. The van der Waals surface area contributed by atoms with Gasteiger partial charge >= 0.3 is 0 Å². The van der Waals surface area contributed by atoms with Crippen LogP contribution in [0.25, 0.3) is 0 Å². The maximum atomic E-state index is 11.8. The van der Waals surface area contributed by atoms with Crippen LogP contribution >= 0.6 is 0 Å². The Balaban J connectivity index is 2.05. The van der Waals surface area contributed by atoms with E-state index in [0.717, 1.165) is 6.54 Å². The van der Waals surface area contributed by atoms with Crippen LogP contribution in [0.4, 0.5) is 5.69 Å². The second kappa shape index (κ2) is 4.84. The first-order chi connectivity index (χ1) is 8.22. The molecule has 17 heavy (non-hydrogen) atoms. The normalized spacial score (nSPS) is 10.5. The van der Waals surface area contributed by atoms with Crippen LogP contribution in [0.15, 0.2) is 28.9 Å². The number of nitrogens with one attached hydrogen (secondary N) is 1. The molecule has 90 valence electrons. The minimum Gasteiger partial charge on any atom is -0.455 e. The number of hydrogen-bond donors (Lipinski definition) is 2. The summed E-state index contributed by atoms with van der Waals surface area (Å²) < 4.78 is 6.96. The van der Waals surface area contributed by atoms with Gasteiger partial charge in [0, 0.05) is 12.7 Å². The van der Waals surface area contributed by atoms with Gasteiger partial charge in [0.1, 0.15) is 5.76 Å². The largest absolute Gasteiger partial charge is 0.455 e. The molecule has 2 aromatic heterocycles. The van der Waals surface area contributed by atoms with E-state index >= 15 is 0 Å². The molecule has 0 aliphatic rings. The Morgan fingerprint density at radius 1 is 1.59 bits per heavy atom. The van der Waals surface area contributed by atoms with Gasteiger partial charge in [0.25, 0.3) is 5.91 Å². The SMILES string of the molecule is CCn1cc(NC(=O)c2ccc(CN)o2)cn1. The van der Waals surface area contributed by atoms with E-state index in [2.05, 4.69) is 10.4 Å². The minimum absolute atomic E-state index is 0.245. The van der Waals surface area contributed by atoms with Crippen LogP contribution in [0.1, 0.15) is 23.2 Å². The Bertz CT molecular complexity index is 515. The highest BCUT2D eigenvalue weighted by atomic mass is 16.4. The lowest BCUT2D eigenvalue weighted by Crippen LogP contribution is -2.10. The second-order valence-electron chi connectivity index (χ2n) is 3.51. The van der Waals surface area contributed by atoms with Gasteiger partial charge in [-0.2, -0.15) is 5.10 Å². The van der Waals surface area contributed by atoms with Crippen LogP contribution < -0.4 is 11.1 Å². The maximum absolute atomic E-state index is 11.8. The van der Waals surface area contributed by atoms with Crippen LogP contribution in [-0.2, 0) is 13.1 Å². The van der Waals surface area contributed by atoms with E-state index in [4.69, 9.17) is 10.2 Å². The number of carbonyl (C=O) groups is 1. The predicted octanol–water partition coefficient (Wildman–Crippen LogP) is 1.21. The van der Waals surface area contributed by atoms with Crippen LogP contribution in [0.5, 0.6) is 0 Å². The molecule has 0 atom stereocenters. The van der Waals surface area contributed by atoms with E-state index < -0.39 is 0 Å². The van der Waals surface area contributed by atoms with Crippen molar-refractivity contribution >= 4 is 11.6 Å². The zero-order chi connectivity index (χ0) is 12.3. The Morgan fingerprint density at radius 2 is 2.41 bits per heavy atom. The van der Waals surface area contributed by atoms with Crippen molar-refractivity contribution in [1.29, 1.82) is 0 Å². The molecule has 0 fully saturated rings. The van der Waals surface area contributed by atoms with Gasteiger partial charge in [-0.15, -0.1) is 0 Å². The predicted molar refractivity (Wildman–Crippen MR) is 62.5 cm³/mol. The van der Waals surface area contributed by atoms with Crippen molar-refractivity contribution in [3.8, 4) is 0 Å². The molecular weight excluding hydrogens is 220 g/mol. The van der Waals surface area contributed by atoms with Crippen molar-refractivity contribution in [3.63, 3.8) is 0 Å². The van der Waals surface area contributed by atoms with Gasteiger partial charge in [-0.05, 0) is 19.1 Å². The topological polar surface area (TPSA) is 86.1 Å². The summed E-state index contributed by atoms with van der Waals surface area (Å²) in [5.74, 6) is 0.523. The average Bonchev–Trinajstić information content (AvgIpc) is 2.96. The molecule has 2 rings (SSSR count). The third-order valence-corrected chi connectivity index (χ3v) is 2.30. The molecular formula is C11H14N4O2. The highest BCUT2D eigenvalue weighted by Gasteiger charge is 2.11. The molecule has 6 heteroatoms. The lowest BCUT2D eigenvalue weighted by Gasteiger charge is -1.98. The molecule has 0 aliphatic carbocycles. The molecule has 0 aromatic carbocycles. The highest BCUT2D eigenvalue weighted by Crippen LogP contribution is 2.11. The first kappa shape index (κ1) is 11.4. The van der Waals surface area contributed by atoms with Gasteiger partial charge in [0.15, 0.2) is 5.76 Å². The molecule has 0 radical (unpaired) electrons. The van der Waals surface area contributed by atoms with Crippen molar-refractivity contribution in [2.75, 3.05) is 5.32 Å². The minimum atomic E-state index is -0.305. The third-order valence-electron chi connectivity index (χ3n) is 2.30. The summed E-state index contributed by atoms with van der Waals surface area (Å²) in [7, 11) is 0. The van der Waals surface area contributed by atoms with Crippen LogP contribution in [0.3, 0.4) is 0 Å². The number of anilines is 1. The molecule has 2 heterocycles. The van der Waals surface area contributed by atoms with Crippen LogP contribution in [0, 0.1) is 0 Å². The number of nitrogens with two attached hydrogens (primary N) is 1. The Hall–Kier alpha value is -2.08. The van der Waals surface area contributed by atoms with Crippen LogP contribution in [0.2, 0.25) is 0 Å². The van der Waals surface area contributed by atoms with Crippen LogP contribution in [-0.4, -0.2) is 15.7 Å². The smallest absolute Gasteiger partial charge is 0.291 e. The van der Waals surface area contributed by atoms with Crippen molar-refractivity contribution in [2.24, 2.45) is 5.73 Å². The number of carbonyl (C=O) groups excluding carboxylic acids is 1. The van der Waals surface area contributed by atoms with Gasteiger partial charge in [-0.3, -0.25) is 9.48 Å². The van der Waals surface area contributed by atoms with E-state index in [1.807, 2.05) is 6.92 Å². The lowest BCUT2D eigenvalue weighted by molar-refractivity contribution is 0.0995. The maximum Gasteiger partial charge on any atom is 0.291 e. The first-order valence-electron chi connectivity index (χ1n) is 5.35. The number of rotatable bonds is 4. The van der Waals surface area contributed by atoms with E-state index in [9.17, 15) is 4.79 Å². The van der Waals surface area contributed by atoms with Crippen molar-refractivity contribution in [2.45, 2.75) is 20.0 Å². The van der Waals surface area contributed by atoms with E-state index in [1.54, 1.807) is 29.2 Å². The number of amides is 1. The Morgan fingerprint density at radius 3 is 3.00 bits per heavy atom. The summed E-state index contributed by atoms with van der Waals surface area (Å²) in [6, 6.07) is 3.28. The molecule has 6 nitrogen and oxygen atoms in total. The summed E-state index contributed by atoms with van der Waals surface area (Å²) >= 11 is 0. The van der Waals surface area contributed by atoms with E-state index in [0.29, 0.717) is 11.4 Å². The number of furan rings is 1. The van der Waals surface area contributed by atoms with Gasteiger partial charge in [-0.25, -0.2) is 0 Å². The molecule has 0 saturated heterocycles. The summed E-state index contributed by atoms with van der Waals surface area (Å²) in [5.41, 5.74) is 6.04. The monoisotopic (exact) mass is 234 g/mol. The summed E-state index contributed by atoms with van der Waals surface area (Å²) in [6.45, 7) is 3.01. The molecule has 3 N–H and O–H groups in total. The molecule has 2 aromatic rings. The molecule has 0 bridgehead atoms. The molecule has 0 aliphatic heterocycles. The van der Waals surface area contributed by atoms with Crippen molar-refractivity contribution in [3.05, 3.63) is 36.0 Å². The number of aryl methyl sites for hydroxylation is 1. The highest BCUT2D eigenvalue weighted by molar-refractivity contribution is 6.02. The third kappa shape index (κ3) is 2.54. The molecule has 0 spiro atoms. The zero-order valence-electron chi connectivity index (χ0n) is 9.51. The Labute approximate surface area is 98.4 Å². The number of hydrogen-bond acceptors (Lipinski definition) is 4. The lowest BCUT2D eigenvalue weighted by atomic mass is 10.4. The van der Waals surface area contributed by atoms with Crippen molar-refractivity contribution in [1.82, 2.24) is 9.78 Å². The fourth-order valence-corrected chi connectivity index (χ4v) is 1.40. The summed E-state index contributed by atoms with van der Waals surface area (Å²) in [6.07, 6.45) is 3.35. The van der Waals surface area contributed by atoms with Gasteiger partial charge in [0.2, 0.25) is 0 Å². The summed E-state index contributed by atoms with van der Waals surface area (Å²) in [5, 5.41) is 6.75. The number of aromatic nitrogens is 2. The number of nitrogens with zero attached hydrogens (tertiary/aromatic N) is 2. The summed E-state index contributed by atoms with van der Waals surface area (Å²) in [4.78, 5) is 11.8. The van der Waals surface area contributed by atoms with E-state index in [1.165, 1.54) is 0 Å². The van der Waals surface area contributed by atoms with Gasteiger partial charge in [-0.1, -0.05) is 0 Å². The average molecular weight is 234 g/mol. The Kier molecular flexibility index (Phi) is 3.24. The van der Waals surface area contributed by atoms with Crippen molar-refractivity contribution < 1.29 is 9.21 Å². The standard InChI is InChI=1S/C11H14N4O2/c1-2-15-7-8(6-13-15)14-11(16)10-4-3-9(5-12)17-10/h3-4,6-7H,2,5,12H2,1H3,(H,14,16). The van der Waals surface area contributed by atoms with E-state index in [-0.39, 0.29) is 18.2 Å². The fourth-order valence-electron chi connectivity index (χ4n) is 1.40. The molecule has 1 amide bonds. The quantitative estimate of drug-likeness (QED) is 0.832. The molecule has 0 unspecified atom stereocenters. The second-order valence-corrected chi connectivity index (χ2v) is 3.51. The first-order valence-corrected chi connectivity index (χ1v) is 5.35. The van der Waals surface area contributed by atoms with Gasteiger partial charge < -0.3 is 15.5 Å². The van der Waals surface area contributed by atoms with Gasteiger partial charge in [0.05, 0.1) is 18.4 Å². The fraction of sp³-hybridized carbons (Fsp3) is 0.273. The molecule has 0 saturated carbocycles.